The van der Waals surface area contributed by atoms with Gasteiger partial charge in [0.15, 0.2) is 15.7 Å². The van der Waals surface area contributed by atoms with Gasteiger partial charge in [-0.15, -0.1) is 0 Å². The maximum absolute atomic E-state index is 12.2. The molecule has 1 aromatic rings. The summed E-state index contributed by atoms with van der Waals surface area (Å²) in [6.45, 7) is 2.39. The lowest BCUT2D eigenvalue weighted by Crippen LogP contribution is -2.31. The van der Waals surface area contributed by atoms with Crippen molar-refractivity contribution < 1.29 is 18.7 Å². The number of oxime groups is 1. The van der Waals surface area contributed by atoms with Crippen molar-refractivity contribution in [1.29, 1.82) is 0 Å². The molecule has 0 aliphatic carbocycles. The third-order valence-corrected chi connectivity index (χ3v) is 4.64. The van der Waals surface area contributed by atoms with Gasteiger partial charge in [-0.3, -0.25) is 0 Å². The molecule has 0 saturated heterocycles. The minimum Gasteiger partial charge on any atom is -0.409 e. The first-order valence-corrected chi connectivity index (χ1v) is 8.09. The van der Waals surface area contributed by atoms with Crippen LogP contribution in [0.1, 0.15) is 12.5 Å². The molecule has 8 heteroatoms. The lowest BCUT2D eigenvalue weighted by molar-refractivity contribution is 0.145. The highest BCUT2D eigenvalue weighted by atomic mass is 32.2. The summed E-state index contributed by atoms with van der Waals surface area (Å²) < 4.78 is 24.3. The van der Waals surface area contributed by atoms with Crippen LogP contribution >= 0.6 is 0 Å². The molecule has 0 radical (unpaired) electrons. The summed E-state index contributed by atoms with van der Waals surface area (Å²) in [6, 6.07) is 5.83. The van der Waals surface area contributed by atoms with Gasteiger partial charge in [-0.2, -0.15) is 0 Å². The SMILES string of the molecule is CC(O)CN(C)CCS(=O)(=O)c1ccc(/C(N)=N/O)cc1. The molecule has 0 bridgehead atoms. The molecule has 1 rings (SSSR count). The minimum absolute atomic E-state index is 0.0425. The van der Waals surface area contributed by atoms with Crippen LogP contribution in [0.2, 0.25) is 0 Å². The Hall–Kier alpha value is -1.64. The number of nitrogens with zero attached hydrogens (tertiary/aromatic N) is 2. The number of amidine groups is 1. The van der Waals surface area contributed by atoms with Gasteiger partial charge in [-0.25, -0.2) is 8.42 Å². The van der Waals surface area contributed by atoms with E-state index in [9.17, 15) is 13.5 Å². The van der Waals surface area contributed by atoms with Gasteiger partial charge in [-0.1, -0.05) is 5.16 Å². The van der Waals surface area contributed by atoms with Crippen LogP contribution < -0.4 is 5.73 Å². The van der Waals surface area contributed by atoms with Crippen LogP contribution in [-0.4, -0.2) is 61.5 Å². The maximum Gasteiger partial charge on any atom is 0.179 e. The normalized spacial score (nSPS) is 14.4. The van der Waals surface area contributed by atoms with Crippen molar-refractivity contribution in [2.75, 3.05) is 25.9 Å². The Morgan fingerprint density at radius 1 is 1.38 bits per heavy atom. The summed E-state index contributed by atoms with van der Waals surface area (Å²) in [4.78, 5) is 1.94. The van der Waals surface area contributed by atoms with Crippen molar-refractivity contribution in [2.45, 2.75) is 17.9 Å². The number of likely N-dealkylation sites (N-methyl/N-ethyl adjacent to an activating group) is 1. The third kappa shape index (κ3) is 5.33. The van der Waals surface area contributed by atoms with Gasteiger partial charge in [0.05, 0.1) is 16.8 Å². The van der Waals surface area contributed by atoms with E-state index in [0.717, 1.165) is 0 Å². The molecule has 4 N–H and O–H groups in total. The molecule has 118 valence electrons. The van der Waals surface area contributed by atoms with Crippen molar-refractivity contribution in [3.05, 3.63) is 29.8 Å². The molecule has 1 aromatic carbocycles. The maximum atomic E-state index is 12.2. The Balaban J connectivity index is 2.75. The molecule has 0 spiro atoms. The second-order valence-electron chi connectivity index (χ2n) is 4.94. The third-order valence-electron chi connectivity index (χ3n) is 2.93. The number of aliphatic hydroxyl groups is 1. The number of hydrogen-bond acceptors (Lipinski definition) is 6. The molecule has 0 aliphatic rings. The summed E-state index contributed by atoms with van der Waals surface area (Å²) >= 11 is 0. The Morgan fingerprint density at radius 3 is 2.43 bits per heavy atom. The van der Waals surface area contributed by atoms with Crippen molar-refractivity contribution in [1.82, 2.24) is 4.90 Å². The van der Waals surface area contributed by atoms with E-state index in [-0.39, 0.29) is 16.5 Å². The molecule has 0 aliphatic heterocycles. The van der Waals surface area contributed by atoms with Crippen molar-refractivity contribution in [3.8, 4) is 0 Å². The number of hydrogen-bond donors (Lipinski definition) is 3. The molecule has 21 heavy (non-hydrogen) atoms. The monoisotopic (exact) mass is 315 g/mol. The van der Waals surface area contributed by atoms with Crippen LogP contribution in [0.5, 0.6) is 0 Å². The van der Waals surface area contributed by atoms with E-state index in [1.807, 2.05) is 0 Å². The number of nitrogens with two attached hydrogens (primary N) is 1. The standard InChI is InChI=1S/C13H21N3O4S/c1-10(17)9-16(2)7-8-21(19,20)12-5-3-11(4-6-12)13(14)15-18/h3-6,10,17-18H,7-9H2,1-2H3,(H2,14,15). The largest absolute Gasteiger partial charge is 0.409 e. The molecule has 0 fully saturated rings. The van der Waals surface area contributed by atoms with Crippen LogP contribution in [0.4, 0.5) is 0 Å². The molecular weight excluding hydrogens is 294 g/mol. The van der Waals surface area contributed by atoms with E-state index >= 15 is 0 Å². The Labute approximate surface area is 124 Å². The molecule has 1 unspecified atom stereocenters. The minimum atomic E-state index is -3.41. The zero-order chi connectivity index (χ0) is 16.0. The zero-order valence-electron chi connectivity index (χ0n) is 12.1. The van der Waals surface area contributed by atoms with Crippen LogP contribution in [-0.2, 0) is 9.84 Å². The van der Waals surface area contributed by atoms with Gasteiger partial charge in [0.1, 0.15) is 0 Å². The highest BCUT2D eigenvalue weighted by Gasteiger charge is 2.16. The molecule has 0 saturated carbocycles. The topological polar surface area (TPSA) is 116 Å². The fourth-order valence-corrected chi connectivity index (χ4v) is 3.17. The van der Waals surface area contributed by atoms with Gasteiger partial charge >= 0.3 is 0 Å². The van der Waals surface area contributed by atoms with Crippen LogP contribution in [0.3, 0.4) is 0 Å². The van der Waals surface area contributed by atoms with Crippen molar-refractivity contribution in [2.24, 2.45) is 10.9 Å². The Bertz CT molecular complexity index is 582. The van der Waals surface area contributed by atoms with Crippen LogP contribution in [0, 0.1) is 0 Å². The summed E-state index contributed by atoms with van der Waals surface area (Å²) in [7, 11) is -1.65. The second kappa shape index (κ2) is 7.39. The highest BCUT2D eigenvalue weighted by molar-refractivity contribution is 7.91. The molecular formula is C13H21N3O4S. The van der Waals surface area contributed by atoms with E-state index in [4.69, 9.17) is 10.9 Å². The predicted molar refractivity (Wildman–Crippen MR) is 80.2 cm³/mol. The van der Waals surface area contributed by atoms with Gasteiger partial charge in [0.25, 0.3) is 0 Å². The zero-order valence-corrected chi connectivity index (χ0v) is 12.9. The summed E-state index contributed by atoms with van der Waals surface area (Å²) in [5.41, 5.74) is 5.87. The molecule has 1 atom stereocenters. The van der Waals surface area contributed by atoms with E-state index in [1.165, 1.54) is 24.3 Å². The van der Waals surface area contributed by atoms with Crippen LogP contribution in [0.15, 0.2) is 34.3 Å². The quantitative estimate of drug-likeness (QED) is 0.279. The first-order valence-electron chi connectivity index (χ1n) is 6.43. The molecule has 0 heterocycles. The first-order chi connectivity index (χ1) is 9.76. The van der Waals surface area contributed by atoms with Crippen molar-refractivity contribution >= 4 is 15.7 Å². The Kier molecular flexibility index (Phi) is 6.13. The second-order valence-corrected chi connectivity index (χ2v) is 7.05. The fourth-order valence-electron chi connectivity index (χ4n) is 1.83. The molecule has 0 aromatic heterocycles. The summed E-state index contributed by atoms with van der Waals surface area (Å²) in [5, 5.41) is 20.6. The van der Waals surface area contributed by atoms with Crippen molar-refractivity contribution in [3.63, 3.8) is 0 Å². The van der Waals surface area contributed by atoms with Crippen LogP contribution in [0.25, 0.3) is 0 Å². The number of sulfone groups is 1. The highest BCUT2D eigenvalue weighted by Crippen LogP contribution is 2.12. The summed E-state index contributed by atoms with van der Waals surface area (Å²) in [6.07, 6.45) is -0.502. The smallest absolute Gasteiger partial charge is 0.179 e. The first kappa shape index (κ1) is 17.4. The van der Waals surface area contributed by atoms with Gasteiger partial charge in [0.2, 0.25) is 0 Å². The van der Waals surface area contributed by atoms with E-state index < -0.39 is 15.9 Å². The Morgan fingerprint density at radius 2 is 1.95 bits per heavy atom. The van der Waals surface area contributed by atoms with E-state index in [0.29, 0.717) is 18.7 Å². The lowest BCUT2D eigenvalue weighted by atomic mass is 10.2. The molecule has 0 amide bonds. The lowest BCUT2D eigenvalue weighted by Gasteiger charge is -2.18. The molecule has 7 nitrogen and oxygen atoms in total. The summed E-state index contributed by atoms with van der Waals surface area (Å²) in [5.74, 6) is -0.116. The number of aliphatic hydroxyl groups excluding tert-OH is 1. The van der Waals surface area contributed by atoms with E-state index in [1.54, 1.807) is 18.9 Å². The average Bonchev–Trinajstić information content (AvgIpc) is 2.44. The number of benzene rings is 1. The fraction of sp³-hybridized carbons (Fsp3) is 0.462. The van der Waals surface area contributed by atoms with E-state index in [2.05, 4.69) is 5.16 Å². The number of rotatable bonds is 7. The van der Waals surface area contributed by atoms with Gasteiger partial charge < -0.3 is 20.9 Å². The van der Waals surface area contributed by atoms with Gasteiger partial charge in [0, 0.05) is 18.7 Å². The van der Waals surface area contributed by atoms with Gasteiger partial charge in [-0.05, 0) is 38.2 Å². The predicted octanol–water partition coefficient (Wildman–Crippen LogP) is -0.133. The average molecular weight is 315 g/mol.